The van der Waals surface area contributed by atoms with Crippen LogP contribution in [0.5, 0.6) is 0 Å². The fourth-order valence-electron chi connectivity index (χ4n) is 0.377. The average molecular weight is 326 g/mol. The molecule has 0 radical (unpaired) electrons. The number of aliphatic hydroxyl groups excluding tert-OH is 1. The smallest absolute Gasteiger partial charge is 0.550 e. The molecule has 0 bridgehead atoms. The zero-order valence-electron chi connectivity index (χ0n) is 9.57. The van der Waals surface area contributed by atoms with Gasteiger partial charge in [0.25, 0.3) is 0 Å². The quantitative estimate of drug-likeness (QED) is 0.379. The molecule has 0 heterocycles. The zero-order chi connectivity index (χ0) is 14.0. The topological polar surface area (TPSA) is 181 Å². The molecule has 0 aromatic heterocycles. The van der Waals surface area contributed by atoms with E-state index in [9.17, 15) is 39.6 Å². The largest absolute Gasteiger partial charge is 2.00 e. The summed E-state index contributed by atoms with van der Waals surface area (Å²) in [5.74, 6) is -6.52. The second kappa shape index (κ2) is 16.2. The molecular weight excluding hydrogens is 320 g/mol. The van der Waals surface area contributed by atoms with Gasteiger partial charge in [-0.3, -0.25) is 0 Å². The molecule has 9 nitrogen and oxygen atoms in total. The number of carbonyl (C=O) groups excluding carboxylic acids is 4. The van der Waals surface area contributed by atoms with E-state index < -0.39 is 36.4 Å². The van der Waals surface area contributed by atoms with Crippen LogP contribution >= 0.6 is 0 Å². The van der Waals surface area contributed by atoms with Gasteiger partial charge in [0.1, 0.15) is 0 Å². The van der Waals surface area contributed by atoms with Crippen LogP contribution in [0.15, 0.2) is 12.2 Å². The first-order valence-corrected chi connectivity index (χ1v) is 3.85. The van der Waals surface area contributed by atoms with Crippen LogP contribution in [0, 0.1) is 0 Å². The van der Waals surface area contributed by atoms with Crippen molar-refractivity contribution in [1.82, 2.24) is 0 Å². The molecule has 96 valence electrons. The summed E-state index contributed by atoms with van der Waals surface area (Å²) in [6.45, 7) is 0. The maximum atomic E-state index is 9.58. The predicted octanol–water partition coefficient (Wildman–Crippen LogP) is -7.48. The van der Waals surface area contributed by atoms with E-state index >= 15 is 0 Å². The van der Waals surface area contributed by atoms with Crippen LogP contribution in [0.2, 0.25) is 0 Å². The van der Waals surface area contributed by atoms with Crippen LogP contribution in [0.3, 0.4) is 0 Å². The Hall–Kier alpha value is 0.0995. The Kier molecular flexibility index (Phi) is 23.3. The van der Waals surface area contributed by atoms with Gasteiger partial charge in [0, 0.05) is 12.4 Å². The van der Waals surface area contributed by atoms with Gasteiger partial charge < -0.3 is 44.7 Å². The molecule has 11 heteroatoms. The molecular formula is C8H6Ca2O9. The first-order chi connectivity index (χ1) is 7.66. The summed E-state index contributed by atoms with van der Waals surface area (Å²) in [7, 11) is 0. The van der Waals surface area contributed by atoms with Gasteiger partial charge in [-0.2, -0.15) is 0 Å². The normalized spacial score (nSPS) is 9.95. The van der Waals surface area contributed by atoms with E-state index in [0.717, 1.165) is 0 Å². The summed E-state index contributed by atoms with van der Waals surface area (Å²) < 4.78 is 0. The van der Waals surface area contributed by atoms with Crippen molar-refractivity contribution in [3.63, 3.8) is 0 Å². The van der Waals surface area contributed by atoms with Crippen LogP contribution in [0.25, 0.3) is 0 Å². The second-order valence-corrected chi connectivity index (χ2v) is 2.38. The summed E-state index contributed by atoms with van der Waals surface area (Å²) in [6.07, 6.45) is -2.12. The molecule has 0 aliphatic rings. The van der Waals surface area contributed by atoms with Crippen LogP contribution in [0.4, 0.5) is 0 Å². The average Bonchev–Trinajstić information content (AvgIpc) is 2.14. The molecule has 0 saturated carbocycles. The van der Waals surface area contributed by atoms with Gasteiger partial charge in [0.15, 0.2) is 0 Å². The van der Waals surface area contributed by atoms with Gasteiger partial charge in [-0.05, 0) is 12.2 Å². The van der Waals surface area contributed by atoms with E-state index in [1.165, 1.54) is 0 Å². The number of carbonyl (C=O) groups is 4. The molecule has 0 aromatic carbocycles. The van der Waals surface area contributed by atoms with E-state index in [2.05, 4.69) is 0 Å². The molecule has 1 unspecified atom stereocenters. The predicted molar refractivity (Wildman–Crippen MR) is 51.3 cm³/mol. The van der Waals surface area contributed by atoms with Crippen molar-refractivity contribution >= 4 is 99.4 Å². The number of hydrogen-bond donors (Lipinski definition) is 1. The summed E-state index contributed by atoms with van der Waals surface area (Å²) >= 11 is 0. The molecule has 0 saturated heterocycles. The summed E-state index contributed by atoms with van der Waals surface area (Å²) in [6, 6.07) is 0. The van der Waals surface area contributed by atoms with Crippen molar-refractivity contribution in [3.8, 4) is 0 Å². The molecule has 0 aliphatic carbocycles. The fraction of sp³-hybridized carbons (Fsp3) is 0.250. The molecule has 1 N–H and O–H groups in total. The minimum absolute atomic E-state index is 0. The Morgan fingerprint density at radius 2 is 1.21 bits per heavy atom. The van der Waals surface area contributed by atoms with Crippen molar-refractivity contribution < 1.29 is 44.7 Å². The minimum atomic E-state index is -1.96. The number of hydrogen-bond acceptors (Lipinski definition) is 9. The van der Waals surface area contributed by atoms with Gasteiger partial charge in [0.05, 0.1) is 24.0 Å². The minimum Gasteiger partial charge on any atom is -0.550 e. The Balaban J connectivity index is -0.000000108. The fourth-order valence-corrected chi connectivity index (χ4v) is 0.377. The van der Waals surface area contributed by atoms with Crippen molar-refractivity contribution in [2.45, 2.75) is 12.5 Å². The first kappa shape index (κ1) is 27.4. The Labute approximate surface area is 166 Å². The third-order valence-corrected chi connectivity index (χ3v) is 0.988. The van der Waals surface area contributed by atoms with E-state index in [1.807, 2.05) is 0 Å². The third kappa shape index (κ3) is 27.3. The van der Waals surface area contributed by atoms with E-state index in [-0.39, 0.29) is 75.5 Å². The maximum Gasteiger partial charge on any atom is 2.00 e. The number of carboxylic acid groups (broad SMARTS) is 4. The van der Waals surface area contributed by atoms with Crippen molar-refractivity contribution in [3.05, 3.63) is 12.2 Å². The zero-order valence-corrected chi connectivity index (χ0v) is 14.0. The van der Waals surface area contributed by atoms with Crippen LogP contribution in [-0.4, -0.2) is 111 Å². The monoisotopic (exact) mass is 326 g/mol. The van der Waals surface area contributed by atoms with Gasteiger partial charge in [-0.1, -0.05) is 0 Å². The third-order valence-electron chi connectivity index (χ3n) is 0.988. The van der Waals surface area contributed by atoms with E-state index in [4.69, 9.17) is 5.11 Å². The van der Waals surface area contributed by atoms with E-state index in [0.29, 0.717) is 12.2 Å². The van der Waals surface area contributed by atoms with Crippen LogP contribution < -0.4 is 20.4 Å². The first-order valence-electron chi connectivity index (χ1n) is 3.85. The number of rotatable bonds is 5. The van der Waals surface area contributed by atoms with Crippen molar-refractivity contribution in [2.75, 3.05) is 0 Å². The maximum absolute atomic E-state index is 9.58. The standard InChI is InChI=1S/C4H6O5.C4H4O4.2Ca/c5-2(4(8)9)1-3(6)7;5-3(6)1-2-4(7)8;;/h2,5H,1H2,(H,6,7)(H,8,9);1-2H,(H,5,6)(H,7,8);;/q;;2*+2/p-4/b;2-1+;;. The van der Waals surface area contributed by atoms with Gasteiger partial charge in [0.2, 0.25) is 0 Å². The summed E-state index contributed by atoms with van der Waals surface area (Å²) in [4.78, 5) is 38.0. The summed E-state index contributed by atoms with van der Waals surface area (Å²) in [5, 5.41) is 46.2. The van der Waals surface area contributed by atoms with Gasteiger partial charge >= 0.3 is 75.5 Å². The second-order valence-electron chi connectivity index (χ2n) is 2.38. The van der Waals surface area contributed by atoms with E-state index in [1.54, 1.807) is 0 Å². The molecule has 19 heavy (non-hydrogen) atoms. The molecule has 0 fully saturated rings. The Bertz CT molecular complexity index is 323. The van der Waals surface area contributed by atoms with Crippen molar-refractivity contribution in [2.24, 2.45) is 0 Å². The number of aliphatic hydroxyl groups is 1. The van der Waals surface area contributed by atoms with Crippen LogP contribution in [-0.2, 0) is 19.2 Å². The molecule has 0 spiro atoms. The molecule has 1 atom stereocenters. The molecule has 0 aliphatic heterocycles. The molecule has 0 aromatic rings. The number of aliphatic carboxylic acids is 4. The summed E-state index contributed by atoms with van der Waals surface area (Å²) in [5.41, 5.74) is 0. The van der Waals surface area contributed by atoms with Gasteiger partial charge in [-0.15, -0.1) is 0 Å². The number of carboxylic acids is 4. The van der Waals surface area contributed by atoms with Crippen LogP contribution in [0.1, 0.15) is 6.42 Å². The Morgan fingerprint density at radius 1 is 0.895 bits per heavy atom. The SMILES string of the molecule is O=C([O-])/C=C/C(=O)[O-].O=C([O-])CC(O)C(=O)[O-].[Ca+2].[Ca+2]. The molecule has 0 rings (SSSR count). The Morgan fingerprint density at radius 3 is 1.32 bits per heavy atom. The van der Waals surface area contributed by atoms with Gasteiger partial charge in [-0.25, -0.2) is 0 Å². The van der Waals surface area contributed by atoms with Crippen molar-refractivity contribution in [1.29, 1.82) is 0 Å². The molecule has 0 amide bonds.